The largest absolute Gasteiger partial charge is 0.396 e. The van der Waals surface area contributed by atoms with Gasteiger partial charge >= 0.3 is 0 Å². The first-order valence-electron chi connectivity index (χ1n) is 5.50. The molecule has 0 aliphatic carbocycles. The monoisotopic (exact) mass is 315 g/mol. The van der Waals surface area contributed by atoms with Crippen molar-refractivity contribution in [2.75, 3.05) is 10.5 Å². The third-order valence-electron chi connectivity index (χ3n) is 2.57. The fourth-order valence-corrected chi connectivity index (χ4v) is 3.12. The van der Waals surface area contributed by atoms with Gasteiger partial charge in [-0.1, -0.05) is 11.6 Å². The third kappa shape index (κ3) is 2.83. The number of rotatable bonds is 3. The molecule has 0 spiro atoms. The number of hydrogen-bond donors (Lipinski definition) is 2. The number of sulfonamides is 1. The lowest BCUT2D eigenvalue weighted by Crippen LogP contribution is -2.16. The van der Waals surface area contributed by atoms with Crippen LogP contribution in [0.1, 0.15) is 5.56 Å². The van der Waals surface area contributed by atoms with Crippen molar-refractivity contribution in [2.45, 2.75) is 11.8 Å². The number of nitrogens with two attached hydrogens (primary N) is 1. The van der Waals surface area contributed by atoms with Gasteiger partial charge in [0, 0.05) is 6.20 Å². The number of pyridine rings is 1. The van der Waals surface area contributed by atoms with E-state index < -0.39 is 15.8 Å². The Hall–Kier alpha value is -1.86. The number of benzene rings is 1. The summed E-state index contributed by atoms with van der Waals surface area (Å²) >= 11 is 5.84. The minimum absolute atomic E-state index is 0.00327. The number of hydrogen-bond acceptors (Lipinski definition) is 4. The van der Waals surface area contributed by atoms with Crippen molar-refractivity contribution in [1.29, 1.82) is 0 Å². The number of nitrogen functional groups attached to an aromatic ring is 1. The summed E-state index contributed by atoms with van der Waals surface area (Å²) in [5, 5.41) is 0.156. The topological polar surface area (TPSA) is 85.1 Å². The summed E-state index contributed by atoms with van der Waals surface area (Å²) in [5.74, 6) is -0.672. The predicted molar refractivity (Wildman–Crippen MR) is 75.6 cm³/mol. The van der Waals surface area contributed by atoms with Crippen molar-refractivity contribution < 1.29 is 12.8 Å². The van der Waals surface area contributed by atoms with Crippen LogP contribution in [0.2, 0.25) is 5.02 Å². The summed E-state index contributed by atoms with van der Waals surface area (Å²) in [6.07, 6.45) is 1.40. The molecule has 0 amide bonds. The molecule has 20 heavy (non-hydrogen) atoms. The van der Waals surface area contributed by atoms with Gasteiger partial charge in [0.1, 0.15) is 5.82 Å². The highest BCUT2D eigenvalue weighted by molar-refractivity contribution is 7.92. The molecular formula is C12H11ClFN3O2S. The average molecular weight is 316 g/mol. The summed E-state index contributed by atoms with van der Waals surface area (Å²) in [5.41, 5.74) is 5.39. The standard InChI is InChI=1S/C12H11ClFN3O2S/c1-7-5-9(14)10(15)6-11(7)20(18,19)17-12-8(13)3-2-4-16-12/h2-6H,15H2,1H3,(H,16,17). The van der Waals surface area contributed by atoms with Crippen molar-refractivity contribution >= 4 is 33.1 Å². The van der Waals surface area contributed by atoms with Gasteiger partial charge in [0.25, 0.3) is 10.0 Å². The second kappa shape index (κ2) is 5.26. The van der Waals surface area contributed by atoms with Gasteiger partial charge in [0.2, 0.25) is 0 Å². The van der Waals surface area contributed by atoms with Crippen LogP contribution in [0.3, 0.4) is 0 Å². The Morgan fingerprint density at radius 2 is 2.10 bits per heavy atom. The number of nitrogens with zero attached hydrogens (tertiary/aromatic N) is 1. The summed E-state index contributed by atoms with van der Waals surface area (Å²) in [7, 11) is -3.95. The van der Waals surface area contributed by atoms with E-state index in [0.29, 0.717) is 0 Å². The van der Waals surface area contributed by atoms with Crippen LogP contribution in [0.25, 0.3) is 0 Å². The smallest absolute Gasteiger partial charge is 0.263 e. The molecule has 1 heterocycles. The molecule has 5 nitrogen and oxygen atoms in total. The van der Waals surface area contributed by atoms with Gasteiger partial charge in [0.05, 0.1) is 15.6 Å². The van der Waals surface area contributed by atoms with Gasteiger partial charge in [-0.2, -0.15) is 0 Å². The molecule has 1 aromatic carbocycles. The Labute approximate surface area is 120 Å². The van der Waals surface area contributed by atoms with Gasteiger partial charge in [-0.25, -0.2) is 17.8 Å². The zero-order chi connectivity index (χ0) is 14.9. The Balaban J connectivity index is 2.47. The highest BCUT2D eigenvalue weighted by Crippen LogP contribution is 2.25. The molecule has 2 aromatic rings. The number of aromatic nitrogens is 1. The van der Waals surface area contributed by atoms with Gasteiger partial charge in [-0.15, -0.1) is 0 Å². The second-order valence-corrected chi connectivity index (χ2v) is 6.14. The normalized spacial score (nSPS) is 11.3. The maximum Gasteiger partial charge on any atom is 0.263 e. The molecule has 3 N–H and O–H groups in total. The molecule has 0 radical (unpaired) electrons. The zero-order valence-electron chi connectivity index (χ0n) is 10.4. The minimum atomic E-state index is -3.95. The molecule has 0 unspecified atom stereocenters. The van der Waals surface area contributed by atoms with Crippen molar-refractivity contribution in [3.05, 3.63) is 46.9 Å². The number of aryl methyl sites for hydroxylation is 1. The van der Waals surface area contributed by atoms with Crippen LogP contribution in [0, 0.1) is 12.7 Å². The first kappa shape index (κ1) is 14.5. The van der Waals surface area contributed by atoms with E-state index in [9.17, 15) is 12.8 Å². The molecule has 0 fully saturated rings. The molecule has 8 heteroatoms. The lowest BCUT2D eigenvalue weighted by Gasteiger charge is -2.11. The van der Waals surface area contributed by atoms with Gasteiger partial charge in [0.15, 0.2) is 5.82 Å². The zero-order valence-corrected chi connectivity index (χ0v) is 12.0. The molecule has 0 aliphatic heterocycles. The summed E-state index contributed by atoms with van der Waals surface area (Å²) in [6.45, 7) is 1.47. The lowest BCUT2D eigenvalue weighted by molar-refractivity contribution is 0.599. The third-order valence-corrected chi connectivity index (χ3v) is 4.36. The molecule has 0 saturated carbocycles. The number of halogens is 2. The highest BCUT2D eigenvalue weighted by Gasteiger charge is 2.20. The Morgan fingerprint density at radius 3 is 2.75 bits per heavy atom. The first-order valence-corrected chi connectivity index (χ1v) is 7.36. The van der Waals surface area contributed by atoms with Crippen LogP contribution in [0.5, 0.6) is 0 Å². The molecule has 0 atom stereocenters. The van der Waals surface area contributed by atoms with E-state index in [-0.39, 0.29) is 27.0 Å². The van der Waals surface area contributed by atoms with E-state index >= 15 is 0 Å². The van der Waals surface area contributed by atoms with Crippen LogP contribution in [0.15, 0.2) is 35.4 Å². The molecule has 2 rings (SSSR count). The van der Waals surface area contributed by atoms with Crippen molar-refractivity contribution in [3.63, 3.8) is 0 Å². The molecule has 1 aromatic heterocycles. The van der Waals surface area contributed by atoms with Crippen LogP contribution >= 0.6 is 11.6 Å². The van der Waals surface area contributed by atoms with Crippen LogP contribution in [-0.2, 0) is 10.0 Å². The second-order valence-electron chi connectivity index (χ2n) is 4.08. The van der Waals surface area contributed by atoms with Gasteiger partial charge in [-0.3, -0.25) is 4.72 Å². The van der Waals surface area contributed by atoms with Crippen LogP contribution in [-0.4, -0.2) is 13.4 Å². The maximum absolute atomic E-state index is 13.3. The summed E-state index contributed by atoms with van der Waals surface area (Å²) < 4.78 is 40.0. The van der Waals surface area contributed by atoms with E-state index in [1.54, 1.807) is 6.07 Å². The maximum atomic E-state index is 13.3. The number of nitrogens with one attached hydrogen (secondary N) is 1. The van der Waals surface area contributed by atoms with E-state index in [2.05, 4.69) is 9.71 Å². The fourth-order valence-electron chi connectivity index (χ4n) is 1.60. The average Bonchev–Trinajstić information content (AvgIpc) is 2.36. The van der Waals surface area contributed by atoms with Crippen molar-refractivity contribution in [1.82, 2.24) is 4.98 Å². The van der Waals surface area contributed by atoms with Gasteiger partial charge < -0.3 is 5.73 Å². The molecule has 106 valence electrons. The van der Waals surface area contributed by atoms with E-state index in [4.69, 9.17) is 17.3 Å². The van der Waals surface area contributed by atoms with E-state index in [0.717, 1.165) is 12.1 Å². The first-order chi connectivity index (χ1) is 9.31. The Morgan fingerprint density at radius 1 is 1.40 bits per heavy atom. The minimum Gasteiger partial charge on any atom is -0.396 e. The van der Waals surface area contributed by atoms with Crippen molar-refractivity contribution in [3.8, 4) is 0 Å². The predicted octanol–water partition coefficient (Wildman–Crippen LogP) is 2.57. The summed E-state index contributed by atoms with van der Waals surface area (Å²) in [4.78, 5) is 3.70. The fraction of sp³-hybridized carbons (Fsp3) is 0.0833. The van der Waals surface area contributed by atoms with Crippen LogP contribution in [0.4, 0.5) is 15.9 Å². The van der Waals surface area contributed by atoms with Crippen molar-refractivity contribution in [2.24, 2.45) is 0 Å². The molecule has 0 saturated heterocycles. The quantitative estimate of drug-likeness (QED) is 0.852. The van der Waals surface area contributed by atoms with Crippen LogP contribution < -0.4 is 10.5 Å². The highest BCUT2D eigenvalue weighted by atomic mass is 35.5. The van der Waals surface area contributed by atoms with E-state index in [1.165, 1.54) is 19.2 Å². The SMILES string of the molecule is Cc1cc(F)c(N)cc1S(=O)(=O)Nc1ncccc1Cl. The summed E-state index contributed by atoms with van der Waals surface area (Å²) in [6, 6.07) is 5.19. The van der Waals surface area contributed by atoms with E-state index in [1.807, 2.05) is 0 Å². The molecular weight excluding hydrogens is 305 g/mol. The molecule has 0 aliphatic rings. The van der Waals surface area contributed by atoms with Gasteiger partial charge in [-0.05, 0) is 36.8 Å². The Kier molecular flexibility index (Phi) is 3.82. The Bertz CT molecular complexity index is 765. The lowest BCUT2D eigenvalue weighted by atomic mass is 10.2. The number of anilines is 2. The molecule has 0 bridgehead atoms.